The van der Waals surface area contributed by atoms with Crippen LogP contribution in [0.5, 0.6) is 5.88 Å². The minimum absolute atomic E-state index is 0.104. The molecule has 1 atom stereocenters. The molecular formula is C21H26FN5O3S. The molecule has 1 aromatic heterocycles. The van der Waals surface area contributed by atoms with Gasteiger partial charge < -0.3 is 10.1 Å². The summed E-state index contributed by atoms with van der Waals surface area (Å²) in [5, 5.41) is 13.0. The highest BCUT2D eigenvalue weighted by atomic mass is 32.2. The third kappa shape index (κ3) is 3.41. The third-order valence-corrected chi connectivity index (χ3v) is 7.62. The molecule has 2 aliphatic carbocycles. The standard InChI is InChI=1S/C21H26FN5O3S/c1-21(2)10-27-19(30-11-21)16(9-24-27)31(23,29)26-20(28)25-18-14-7-3-5-12(14)17(22)13-6-4-8-15(13)18/h9H,3-8,10-11H2,1-2H3,(H3,23,25,26,28,29)/t31-/m1/s1. The molecule has 1 aromatic carbocycles. The highest BCUT2D eigenvalue weighted by Crippen LogP contribution is 2.41. The Balaban J connectivity index is 1.48. The largest absolute Gasteiger partial charge is 0.476 e. The lowest BCUT2D eigenvalue weighted by Crippen LogP contribution is -2.33. The number of aromatic nitrogens is 2. The van der Waals surface area contributed by atoms with Crippen molar-refractivity contribution >= 4 is 21.6 Å². The maximum atomic E-state index is 14.8. The summed E-state index contributed by atoms with van der Waals surface area (Å²) >= 11 is 0. The topological polar surface area (TPSA) is 112 Å². The summed E-state index contributed by atoms with van der Waals surface area (Å²) in [4.78, 5) is 12.9. The van der Waals surface area contributed by atoms with Gasteiger partial charge in [-0.1, -0.05) is 13.8 Å². The monoisotopic (exact) mass is 447 g/mol. The van der Waals surface area contributed by atoms with Crippen LogP contribution in [0.1, 0.15) is 48.9 Å². The fourth-order valence-electron chi connectivity index (χ4n) is 4.87. The number of hydrogen-bond acceptors (Lipinski definition) is 4. The molecule has 3 N–H and O–H groups in total. The highest BCUT2D eigenvalue weighted by Gasteiger charge is 2.33. The van der Waals surface area contributed by atoms with Crippen LogP contribution in [-0.2, 0) is 42.1 Å². The van der Waals surface area contributed by atoms with E-state index in [1.807, 2.05) is 13.8 Å². The van der Waals surface area contributed by atoms with Crippen LogP contribution in [0.2, 0.25) is 0 Å². The number of carbonyl (C=O) groups excluding carboxylic acids is 1. The van der Waals surface area contributed by atoms with Crippen molar-refractivity contribution in [2.75, 3.05) is 11.9 Å². The average molecular weight is 448 g/mol. The first-order chi connectivity index (χ1) is 14.7. The van der Waals surface area contributed by atoms with Gasteiger partial charge in [0.25, 0.3) is 0 Å². The number of nitrogens with zero attached hydrogens (tertiary/aromatic N) is 3. The number of fused-ring (bicyclic) bond motifs is 3. The number of amides is 2. The number of carbonyl (C=O) groups is 1. The molecule has 166 valence electrons. The van der Waals surface area contributed by atoms with E-state index in [1.165, 1.54) is 6.20 Å². The fourth-order valence-corrected chi connectivity index (χ4v) is 5.87. The quantitative estimate of drug-likeness (QED) is 0.735. The second kappa shape index (κ2) is 7.03. The molecule has 0 saturated carbocycles. The molecule has 5 rings (SSSR count). The Morgan fingerprint density at radius 1 is 1.23 bits per heavy atom. The molecule has 0 unspecified atom stereocenters. The lowest BCUT2D eigenvalue weighted by atomic mass is 9.94. The van der Waals surface area contributed by atoms with E-state index in [4.69, 9.17) is 9.88 Å². The summed E-state index contributed by atoms with van der Waals surface area (Å²) in [5.74, 6) is 0.163. The van der Waals surface area contributed by atoms with Crippen molar-refractivity contribution in [2.45, 2.75) is 63.8 Å². The van der Waals surface area contributed by atoms with Gasteiger partial charge in [0.2, 0.25) is 5.88 Å². The Kier molecular flexibility index (Phi) is 4.63. The molecule has 0 bridgehead atoms. The summed E-state index contributed by atoms with van der Waals surface area (Å²) in [7, 11) is -3.57. The maximum Gasteiger partial charge on any atom is 0.354 e. The highest BCUT2D eigenvalue weighted by molar-refractivity contribution is 7.91. The Bertz CT molecular complexity index is 1190. The molecule has 0 fully saturated rings. The third-order valence-electron chi connectivity index (χ3n) is 6.27. The van der Waals surface area contributed by atoms with Gasteiger partial charge in [0.15, 0.2) is 9.92 Å². The summed E-state index contributed by atoms with van der Waals surface area (Å²) in [6.45, 7) is 5.07. The smallest absolute Gasteiger partial charge is 0.354 e. The van der Waals surface area contributed by atoms with Gasteiger partial charge in [-0.15, -0.1) is 4.36 Å². The lowest BCUT2D eigenvalue weighted by Gasteiger charge is -2.30. The number of nitrogens with two attached hydrogens (primary N) is 1. The van der Waals surface area contributed by atoms with E-state index in [-0.39, 0.29) is 22.0 Å². The number of hydrogen-bond donors (Lipinski definition) is 2. The van der Waals surface area contributed by atoms with Gasteiger partial charge in [-0.25, -0.2) is 23.2 Å². The van der Waals surface area contributed by atoms with E-state index < -0.39 is 15.9 Å². The maximum absolute atomic E-state index is 14.8. The van der Waals surface area contributed by atoms with Crippen LogP contribution in [0, 0.1) is 11.2 Å². The normalized spacial score (nSPS) is 20.3. The van der Waals surface area contributed by atoms with Crippen molar-refractivity contribution in [3.63, 3.8) is 0 Å². The number of ether oxygens (including phenoxy) is 1. The Hall–Kier alpha value is -2.46. The van der Waals surface area contributed by atoms with Gasteiger partial charge in [-0.05, 0) is 60.8 Å². The molecule has 0 spiro atoms. The zero-order chi connectivity index (χ0) is 22.0. The predicted octanol–water partition coefficient (Wildman–Crippen LogP) is 3.35. The van der Waals surface area contributed by atoms with Crippen molar-refractivity contribution in [3.8, 4) is 5.88 Å². The molecule has 0 saturated heterocycles. The molecule has 2 aromatic rings. The van der Waals surface area contributed by atoms with Gasteiger partial charge in [0.05, 0.1) is 19.3 Å². The number of urea groups is 1. The predicted molar refractivity (Wildman–Crippen MR) is 114 cm³/mol. The average Bonchev–Trinajstić information content (AvgIpc) is 3.42. The van der Waals surface area contributed by atoms with Crippen LogP contribution in [0.4, 0.5) is 14.9 Å². The minimum atomic E-state index is -3.57. The Morgan fingerprint density at radius 3 is 2.48 bits per heavy atom. The molecule has 2 amide bonds. The zero-order valence-electron chi connectivity index (χ0n) is 17.7. The second-order valence-electron chi connectivity index (χ2n) is 9.32. The van der Waals surface area contributed by atoms with Crippen LogP contribution < -0.4 is 15.2 Å². The molecule has 31 heavy (non-hydrogen) atoms. The van der Waals surface area contributed by atoms with Crippen LogP contribution in [-0.4, -0.2) is 26.6 Å². The SMILES string of the molecule is CC1(C)COc2c([S@](N)(=O)=NC(=O)Nc3c4c(c(F)c5c3CCC5)CCC4)cnn2C1. The number of rotatable bonds is 2. The van der Waals surface area contributed by atoms with E-state index in [2.05, 4.69) is 14.8 Å². The number of nitrogens with one attached hydrogen (secondary N) is 1. The first kappa shape index (κ1) is 20.4. The van der Waals surface area contributed by atoms with E-state index in [0.29, 0.717) is 55.6 Å². The summed E-state index contributed by atoms with van der Waals surface area (Å²) < 4.78 is 39.1. The molecular weight excluding hydrogens is 421 g/mol. The van der Waals surface area contributed by atoms with Crippen LogP contribution in [0.3, 0.4) is 0 Å². The van der Waals surface area contributed by atoms with Crippen molar-refractivity contribution in [2.24, 2.45) is 14.9 Å². The Morgan fingerprint density at radius 2 is 1.84 bits per heavy atom. The van der Waals surface area contributed by atoms with Crippen molar-refractivity contribution < 1.29 is 18.1 Å². The van der Waals surface area contributed by atoms with E-state index >= 15 is 0 Å². The van der Waals surface area contributed by atoms with Gasteiger partial charge in [0, 0.05) is 11.1 Å². The van der Waals surface area contributed by atoms with E-state index in [0.717, 1.165) is 24.0 Å². The van der Waals surface area contributed by atoms with Gasteiger partial charge in [-0.2, -0.15) is 5.10 Å². The van der Waals surface area contributed by atoms with Crippen molar-refractivity contribution in [3.05, 3.63) is 34.3 Å². The van der Waals surface area contributed by atoms with Crippen molar-refractivity contribution in [1.82, 2.24) is 9.78 Å². The number of benzene rings is 1. The van der Waals surface area contributed by atoms with Crippen LogP contribution in [0.15, 0.2) is 15.5 Å². The van der Waals surface area contributed by atoms with Gasteiger partial charge in [-0.3, -0.25) is 0 Å². The lowest BCUT2D eigenvalue weighted by molar-refractivity contribution is 0.0972. The van der Waals surface area contributed by atoms with Crippen LogP contribution in [0.25, 0.3) is 0 Å². The first-order valence-corrected chi connectivity index (χ1v) is 12.1. The molecule has 3 aliphatic rings. The second-order valence-corrected chi connectivity index (χ2v) is 11.1. The number of halogens is 1. The number of anilines is 1. The van der Waals surface area contributed by atoms with E-state index in [1.54, 1.807) is 4.68 Å². The Labute approximate surface area is 180 Å². The summed E-state index contributed by atoms with van der Waals surface area (Å²) in [6.07, 6.45) is 5.78. The zero-order valence-corrected chi connectivity index (χ0v) is 18.5. The molecule has 2 heterocycles. The van der Waals surface area contributed by atoms with Crippen molar-refractivity contribution in [1.29, 1.82) is 0 Å². The summed E-state index contributed by atoms with van der Waals surface area (Å²) in [6, 6.07) is -0.807. The summed E-state index contributed by atoms with van der Waals surface area (Å²) in [5.41, 5.74) is 3.54. The minimum Gasteiger partial charge on any atom is -0.476 e. The fraction of sp³-hybridized carbons (Fsp3) is 0.524. The first-order valence-electron chi connectivity index (χ1n) is 10.6. The van der Waals surface area contributed by atoms with Gasteiger partial charge in [0.1, 0.15) is 10.7 Å². The molecule has 0 radical (unpaired) electrons. The molecule has 8 nitrogen and oxygen atoms in total. The van der Waals surface area contributed by atoms with E-state index in [9.17, 15) is 13.4 Å². The van der Waals surface area contributed by atoms with Crippen LogP contribution >= 0.6 is 0 Å². The van der Waals surface area contributed by atoms with Gasteiger partial charge >= 0.3 is 6.03 Å². The molecule has 1 aliphatic heterocycles. The molecule has 10 heteroatoms.